The van der Waals surface area contributed by atoms with Crippen molar-refractivity contribution in [3.8, 4) is 0 Å². The fourth-order valence-electron chi connectivity index (χ4n) is 2.57. The maximum atomic E-state index is 9.20. The quantitative estimate of drug-likeness (QED) is 0.934. The predicted octanol–water partition coefficient (Wildman–Crippen LogP) is 2.47. The van der Waals surface area contributed by atoms with Gasteiger partial charge in [0.2, 0.25) is 5.95 Å². The molecule has 1 N–H and O–H groups in total. The molecule has 0 spiro atoms. The summed E-state index contributed by atoms with van der Waals surface area (Å²) in [5.41, 5.74) is 1.81. The van der Waals surface area contributed by atoms with Crippen LogP contribution in [0.1, 0.15) is 30.1 Å². The van der Waals surface area contributed by atoms with Crippen molar-refractivity contribution < 1.29 is 5.11 Å². The van der Waals surface area contributed by atoms with Crippen LogP contribution in [0, 0.1) is 0 Å². The molecule has 0 aliphatic carbocycles. The van der Waals surface area contributed by atoms with E-state index in [1.807, 2.05) is 6.20 Å². The van der Waals surface area contributed by atoms with Crippen LogP contribution in [0.3, 0.4) is 0 Å². The number of anilines is 1. The van der Waals surface area contributed by atoms with Crippen molar-refractivity contribution in [2.75, 3.05) is 11.4 Å². The molecule has 0 saturated carbocycles. The smallest absolute Gasteiger partial charge is 0.226 e. The molecule has 5 nitrogen and oxygen atoms in total. The lowest BCUT2D eigenvalue weighted by molar-refractivity contribution is 0.276. The minimum absolute atomic E-state index is 0.0630. The van der Waals surface area contributed by atoms with Gasteiger partial charge in [-0.2, -0.15) is 0 Å². The van der Waals surface area contributed by atoms with Gasteiger partial charge in [-0.25, -0.2) is 9.97 Å². The van der Waals surface area contributed by atoms with Crippen LogP contribution in [0.15, 0.2) is 35.2 Å². The summed E-state index contributed by atoms with van der Waals surface area (Å²) in [6.07, 6.45) is 7.53. The normalized spacial score (nSPS) is 18.5. The van der Waals surface area contributed by atoms with Gasteiger partial charge in [-0.3, -0.25) is 4.98 Å². The first-order valence-electron chi connectivity index (χ1n) is 6.58. The average Bonchev–Trinajstić information content (AvgIpc) is 2.97. The second kappa shape index (κ2) is 5.85. The van der Waals surface area contributed by atoms with Gasteiger partial charge >= 0.3 is 0 Å². The molecule has 2 aromatic rings. The van der Waals surface area contributed by atoms with Crippen molar-refractivity contribution in [1.82, 2.24) is 15.0 Å². The van der Waals surface area contributed by atoms with Crippen molar-refractivity contribution >= 4 is 21.9 Å². The summed E-state index contributed by atoms with van der Waals surface area (Å²) >= 11 is 3.46. The average molecular weight is 335 g/mol. The van der Waals surface area contributed by atoms with Crippen molar-refractivity contribution in [3.05, 3.63) is 46.5 Å². The highest BCUT2D eigenvalue weighted by molar-refractivity contribution is 9.10. The Hall–Kier alpha value is -1.53. The monoisotopic (exact) mass is 334 g/mol. The van der Waals surface area contributed by atoms with E-state index >= 15 is 0 Å². The Kier molecular flexibility index (Phi) is 3.93. The molecule has 2 aromatic heterocycles. The number of aliphatic hydroxyl groups is 1. The molecule has 1 aliphatic heterocycles. The number of aliphatic hydroxyl groups excluding tert-OH is 1. The standard InChI is InChI=1S/C14H15BrN4O/c15-11-6-10(7-16-8-11)13-2-1-5-19(13)14-17-4-3-12(9-20)18-14/h3-4,6-8,13,20H,1-2,5,9H2. The minimum atomic E-state index is -0.0630. The third-order valence-corrected chi connectivity index (χ3v) is 3.92. The summed E-state index contributed by atoms with van der Waals surface area (Å²) < 4.78 is 0.979. The van der Waals surface area contributed by atoms with Gasteiger partial charge in [-0.1, -0.05) is 0 Å². The maximum Gasteiger partial charge on any atom is 0.226 e. The molecule has 20 heavy (non-hydrogen) atoms. The van der Waals surface area contributed by atoms with Crippen molar-refractivity contribution in [2.45, 2.75) is 25.5 Å². The van der Waals surface area contributed by atoms with Gasteiger partial charge < -0.3 is 10.0 Å². The molecule has 104 valence electrons. The fraction of sp³-hybridized carbons (Fsp3) is 0.357. The lowest BCUT2D eigenvalue weighted by Gasteiger charge is -2.25. The molecule has 1 unspecified atom stereocenters. The van der Waals surface area contributed by atoms with Gasteiger partial charge in [-0.05, 0) is 46.5 Å². The molecule has 1 aliphatic rings. The molecule has 0 radical (unpaired) electrons. The molecule has 3 heterocycles. The van der Waals surface area contributed by atoms with Crippen LogP contribution in [0.5, 0.6) is 0 Å². The number of rotatable bonds is 3. The van der Waals surface area contributed by atoms with E-state index in [4.69, 9.17) is 0 Å². The first kappa shape index (κ1) is 13.5. The van der Waals surface area contributed by atoms with Crippen molar-refractivity contribution in [1.29, 1.82) is 0 Å². The van der Waals surface area contributed by atoms with E-state index < -0.39 is 0 Å². The Morgan fingerprint density at radius 2 is 2.30 bits per heavy atom. The summed E-state index contributed by atoms with van der Waals surface area (Å²) in [6, 6.07) is 4.06. The second-order valence-corrected chi connectivity index (χ2v) is 5.71. The second-order valence-electron chi connectivity index (χ2n) is 4.79. The zero-order chi connectivity index (χ0) is 13.9. The first-order valence-corrected chi connectivity index (χ1v) is 7.37. The van der Waals surface area contributed by atoms with E-state index in [2.05, 4.69) is 41.8 Å². The van der Waals surface area contributed by atoms with Crippen LogP contribution in [0.4, 0.5) is 5.95 Å². The molecule has 1 atom stereocenters. The number of aromatic nitrogens is 3. The van der Waals surface area contributed by atoms with Crippen LogP contribution in [0.2, 0.25) is 0 Å². The van der Waals surface area contributed by atoms with Gasteiger partial charge in [0, 0.05) is 29.6 Å². The molecule has 1 saturated heterocycles. The van der Waals surface area contributed by atoms with Gasteiger partial charge in [-0.15, -0.1) is 0 Å². The molecular formula is C14H15BrN4O. The van der Waals surface area contributed by atoms with Gasteiger partial charge in [0.15, 0.2) is 0 Å². The van der Waals surface area contributed by atoms with Crippen LogP contribution in [-0.2, 0) is 6.61 Å². The first-order chi connectivity index (χ1) is 9.78. The van der Waals surface area contributed by atoms with Crippen LogP contribution in [-0.4, -0.2) is 26.6 Å². The third-order valence-electron chi connectivity index (χ3n) is 3.48. The zero-order valence-corrected chi connectivity index (χ0v) is 12.5. The number of hydrogen-bond acceptors (Lipinski definition) is 5. The summed E-state index contributed by atoms with van der Waals surface area (Å²) in [7, 11) is 0. The van der Waals surface area contributed by atoms with E-state index in [9.17, 15) is 5.11 Å². The Morgan fingerprint density at radius 1 is 1.40 bits per heavy atom. The lowest BCUT2D eigenvalue weighted by atomic mass is 10.1. The van der Waals surface area contributed by atoms with E-state index in [1.54, 1.807) is 18.5 Å². The molecular weight excluding hydrogens is 320 g/mol. The molecule has 1 fully saturated rings. The minimum Gasteiger partial charge on any atom is -0.390 e. The Bertz CT molecular complexity index is 607. The highest BCUT2D eigenvalue weighted by atomic mass is 79.9. The number of halogens is 1. The SMILES string of the molecule is OCc1ccnc(N2CCCC2c2cncc(Br)c2)n1. The lowest BCUT2D eigenvalue weighted by Crippen LogP contribution is -2.25. The fourth-order valence-corrected chi connectivity index (χ4v) is 2.96. The van der Waals surface area contributed by atoms with Crippen LogP contribution < -0.4 is 4.90 Å². The topological polar surface area (TPSA) is 62.1 Å². The van der Waals surface area contributed by atoms with Gasteiger partial charge in [0.1, 0.15) is 0 Å². The molecule has 6 heteroatoms. The van der Waals surface area contributed by atoms with Gasteiger partial charge in [0.25, 0.3) is 0 Å². The number of pyridine rings is 1. The largest absolute Gasteiger partial charge is 0.390 e. The molecule has 0 amide bonds. The zero-order valence-electron chi connectivity index (χ0n) is 10.9. The highest BCUT2D eigenvalue weighted by Crippen LogP contribution is 2.34. The molecule has 3 rings (SSSR count). The Labute approximate surface area is 125 Å². The van der Waals surface area contributed by atoms with E-state index in [0.717, 1.165) is 29.4 Å². The Morgan fingerprint density at radius 3 is 3.10 bits per heavy atom. The van der Waals surface area contributed by atoms with E-state index in [0.29, 0.717) is 11.6 Å². The van der Waals surface area contributed by atoms with Crippen LogP contribution >= 0.6 is 15.9 Å². The summed E-state index contributed by atoms with van der Waals surface area (Å²) in [5.74, 6) is 0.680. The van der Waals surface area contributed by atoms with Crippen molar-refractivity contribution in [3.63, 3.8) is 0 Å². The molecule has 0 aromatic carbocycles. The van der Waals surface area contributed by atoms with E-state index in [1.165, 1.54) is 0 Å². The highest BCUT2D eigenvalue weighted by Gasteiger charge is 2.28. The number of hydrogen-bond donors (Lipinski definition) is 1. The predicted molar refractivity (Wildman–Crippen MR) is 79.2 cm³/mol. The maximum absolute atomic E-state index is 9.20. The Balaban J connectivity index is 1.92. The summed E-state index contributed by atoms with van der Waals surface area (Å²) in [5, 5.41) is 9.20. The summed E-state index contributed by atoms with van der Waals surface area (Å²) in [6.45, 7) is 0.860. The van der Waals surface area contributed by atoms with Gasteiger partial charge in [0.05, 0.1) is 18.3 Å². The summed E-state index contributed by atoms with van der Waals surface area (Å²) in [4.78, 5) is 15.2. The third kappa shape index (κ3) is 2.66. The number of nitrogens with zero attached hydrogens (tertiary/aromatic N) is 4. The van der Waals surface area contributed by atoms with Crippen LogP contribution in [0.25, 0.3) is 0 Å². The van der Waals surface area contributed by atoms with Crippen molar-refractivity contribution in [2.24, 2.45) is 0 Å². The van der Waals surface area contributed by atoms with E-state index in [-0.39, 0.29) is 12.6 Å². The molecule has 0 bridgehead atoms.